The van der Waals surface area contributed by atoms with Crippen LogP contribution in [0.25, 0.3) is 0 Å². The number of para-hydroxylation sites is 1. The van der Waals surface area contributed by atoms with Crippen molar-refractivity contribution in [1.29, 1.82) is 0 Å². The van der Waals surface area contributed by atoms with Crippen LogP contribution in [-0.4, -0.2) is 23.5 Å². The fraction of sp³-hybridized carbons (Fsp3) is 0.125. The van der Waals surface area contributed by atoms with Crippen LogP contribution in [0.15, 0.2) is 78.9 Å². The van der Waals surface area contributed by atoms with Gasteiger partial charge >= 0.3 is 0 Å². The molecule has 0 heterocycles. The minimum absolute atomic E-state index is 0.0842. The zero-order chi connectivity index (χ0) is 22.2. The lowest BCUT2D eigenvalue weighted by Crippen LogP contribution is -2.35. The monoisotopic (exact) mass is 451 g/mol. The second-order valence-electron chi connectivity index (χ2n) is 6.77. The van der Waals surface area contributed by atoms with Gasteiger partial charge in [0.05, 0.1) is 6.42 Å². The van der Waals surface area contributed by atoms with Crippen LogP contribution >= 0.6 is 23.8 Å². The molecule has 31 heavy (non-hydrogen) atoms. The van der Waals surface area contributed by atoms with Crippen LogP contribution in [0.5, 0.6) is 0 Å². The first-order valence-electron chi connectivity index (χ1n) is 9.78. The first kappa shape index (κ1) is 22.5. The summed E-state index contributed by atoms with van der Waals surface area (Å²) in [4.78, 5) is 26.7. The highest BCUT2D eigenvalue weighted by Gasteiger charge is 2.16. The first-order chi connectivity index (χ1) is 15.0. The van der Waals surface area contributed by atoms with E-state index < -0.39 is 0 Å². The minimum atomic E-state index is -0.229. The van der Waals surface area contributed by atoms with Crippen molar-refractivity contribution in [3.8, 4) is 0 Å². The van der Waals surface area contributed by atoms with Crippen LogP contribution in [0.4, 0.5) is 11.4 Å². The van der Waals surface area contributed by atoms with Gasteiger partial charge in [0.25, 0.3) is 5.91 Å². The molecule has 0 aromatic heterocycles. The zero-order valence-corrected chi connectivity index (χ0v) is 18.5. The van der Waals surface area contributed by atoms with Crippen LogP contribution in [0.1, 0.15) is 22.8 Å². The Balaban J connectivity index is 1.57. The second kappa shape index (κ2) is 10.7. The molecule has 0 fully saturated rings. The van der Waals surface area contributed by atoms with E-state index in [-0.39, 0.29) is 23.3 Å². The molecule has 0 spiro atoms. The van der Waals surface area contributed by atoms with E-state index in [0.29, 0.717) is 22.8 Å². The standard InChI is InChI=1S/C24H22ClN3O2S/c1-2-28(21-6-4-3-5-7-21)23(30)18-10-14-20(15-11-18)26-24(31)27-22(29)16-17-8-12-19(25)13-9-17/h3-15H,2,16H2,1H3,(H2,26,27,29,31). The summed E-state index contributed by atoms with van der Waals surface area (Å²) in [5, 5.41) is 6.42. The molecule has 2 amide bonds. The van der Waals surface area contributed by atoms with Gasteiger partial charge in [-0.3, -0.25) is 9.59 Å². The van der Waals surface area contributed by atoms with Crippen molar-refractivity contribution in [1.82, 2.24) is 5.32 Å². The van der Waals surface area contributed by atoms with Crippen molar-refractivity contribution in [3.05, 3.63) is 95.0 Å². The molecule has 3 aromatic carbocycles. The zero-order valence-electron chi connectivity index (χ0n) is 17.0. The quantitative estimate of drug-likeness (QED) is 0.514. The molecule has 3 rings (SSSR count). The summed E-state index contributed by atoms with van der Waals surface area (Å²) in [5.41, 5.74) is 2.93. The minimum Gasteiger partial charge on any atom is -0.332 e. The van der Waals surface area contributed by atoms with Crippen LogP contribution in [-0.2, 0) is 11.2 Å². The Bertz CT molecular complexity index is 1050. The molecule has 158 valence electrons. The van der Waals surface area contributed by atoms with Gasteiger partial charge in [-0.25, -0.2) is 0 Å². The van der Waals surface area contributed by atoms with Gasteiger partial charge in [-0.05, 0) is 73.2 Å². The number of amides is 2. The van der Waals surface area contributed by atoms with Gasteiger partial charge in [-0.1, -0.05) is 41.9 Å². The average Bonchev–Trinajstić information content (AvgIpc) is 2.77. The number of nitrogens with zero attached hydrogens (tertiary/aromatic N) is 1. The molecule has 0 bridgehead atoms. The molecule has 0 saturated carbocycles. The Labute approximate surface area is 192 Å². The van der Waals surface area contributed by atoms with E-state index in [1.54, 1.807) is 53.4 Å². The number of hydrogen-bond donors (Lipinski definition) is 2. The molecule has 0 atom stereocenters. The van der Waals surface area contributed by atoms with Crippen molar-refractivity contribution in [3.63, 3.8) is 0 Å². The maximum Gasteiger partial charge on any atom is 0.258 e. The maximum absolute atomic E-state index is 12.9. The number of anilines is 2. The van der Waals surface area contributed by atoms with Gasteiger partial charge in [0.15, 0.2) is 5.11 Å². The predicted molar refractivity (Wildman–Crippen MR) is 130 cm³/mol. The van der Waals surface area contributed by atoms with Crippen LogP contribution < -0.4 is 15.5 Å². The highest BCUT2D eigenvalue weighted by molar-refractivity contribution is 7.80. The number of rotatable bonds is 6. The molecule has 0 aliphatic carbocycles. The molecular formula is C24H22ClN3O2S. The Morgan fingerprint density at radius 2 is 1.58 bits per heavy atom. The summed E-state index contributed by atoms with van der Waals surface area (Å²) < 4.78 is 0. The van der Waals surface area contributed by atoms with Gasteiger partial charge in [-0.2, -0.15) is 0 Å². The van der Waals surface area contributed by atoms with Gasteiger partial charge in [-0.15, -0.1) is 0 Å². The van der Waals surface area contributed by atoms with Gasteiger partial charge < -0.3 is 15.5 Å². The Kier molecular flexibility index (Phi) is 7.76. The molecule has 0 unspecified atom stereocenters. The number of hydrogen-bond acceptors (Lipinski definition) is 3. The average molecular weight is 452 g/mol. The lowest BCUT2D eigenvalue weighted by atomic mass is 10.1. The van der Waals surface area contributed by atoms with Crippen LogP contribution in [0, 0.1) is 0 Å². The Hall–Kier alpha value is -3.22. The maximum atomic E-state index is 12.9. The molecule has 0 saturated heterocycles. The van der Waals surface area contributed by atoms with E-state index in [4.69, 9.17) is 23.8 Å². The highest BCUT2D eigenvalue weighted by Crippen LogP contribution is 2.18. The number of thiocarbonyl (C=S) groups is 1. The fourth-order valence-corrected chi connectivity index (χ4v) is 3.38. The number of carbonyl (C=O) groups excluding carboxylic acids is 2. The molecule has 2 N–H and O–H groups in total. The van der Waals surface area contributed by atoms with Crippen LogP contribution in [0.3, 0.4) is 0 Å². The third kappa shape index (κ3) is 6.38. The van der Waals surface area contributed by atoms with Crippen molar-refractivity contribution in [2.45, 2.75) is 13.3 Å². The highest BCUT2D eigenvalue weighted by atomic mass is 35.5. The van der Waals surface area contributed by atoms with Crippen molar-refractivity contribution in [2.24, 2.45) is 0 Å². The van der Waals surface area contributed by atoms with Gasteiger partial charge in [0.2, 0.25) is 5.91 Å². The summed E-state index contributed by atoms with van der Waals surface area (Å²) in [6, 6.07) is 23.6. The van der Waals surface area contributed by atoms with Gasteiger partial charge in [0.1, 0.15) is 0 Å². The topological polar surface area (TPSA) is 61.4 Å². The SMILES string of the molecule is CCN(C(=O)c1ccc(NC(=S)NC(=O)Cc2ccc(Cl)cc2)cc1)c1ccccc1. The normalized spacial score (nSPS) is 10.3. The van der Waals surface area contributed by atoms with Crippen molar-refractivity contribution in [2.75, 3.05) is 16.8 Å². The molecule has 5 nitrogen and oxygen atoms in total. The van der Waals surface area contributed by atoms with Crippen molar-refractivity contribution < 1.29 is 9.59 Å². The number of nitrogens with one attached hydrogen (secondary N) is 2. The van der Waals surface area contributed by atoms with E-state index in [0.717, 1.165) is 11.3 Å². The summed E-state index contributed by atoms with van der Waals surface area (Å²) in [7, 11) is 0. The third-order valence-corrected chi connectivity index (χ3v) is 5.01. The number of benzene rings is 3. The fourth-order valence-electron chi connectivity index (χ4n) is 3.02. The lowest BCUT2D eigenvalue weighted by molar-refractivity contribution is -0.119. The van der Waals surface area contributed by atoms with Crippen LogP contribution in [0.2, 0.25) is 5.02 Å². The Morgan fingerprint density at radius 3 is 2.19 bits per heavy atom. The summed E-state index contributed by atoms with van der Waals surface area (Å²) >= 11 is 11.1. The van der Waals surface area contributed by atoms with E-state index in [1.165, 1.54) is 0 Å². The second-order valence-corrected chi connectivity index (χ2v) is 7.61. The number of carbonyl (C=O) groups is 2. The van der Waals surface area contributed by atoms with Gasteiger partial charge in [0, 0.05) is 28.5 Å². The van der Waals surface area contributed by atoms with E-state index in [2.05, 4.69) is 10.6 Å². The molecule has 0 radical (unpaired) electrons. The first-order valence-corrected chi connectivity index (χ1v) is 10.6. The Morgan fingerprint density at radius 1 is 0.935 bits per heavy atom. The molecular weight excluding hydrogens is 430 g/mol. The number of halogens is 1. The van der Waals surface area contributed by atoms with E-state index in [9.17, 15) is 9.59 Å². The lowest BCUT2D eigenvalue weighted by Gasteiger charge is -2.21. The van der Waals surface area contributed by atoms with E-state index in [1.807, 2.05) is 37.3 Å². The molecule has 0 aliphatic rings. The summed E-state index contributed by atoms with van der Waals surface area (Å²) in [6.45, 7) is 2.50. The smallest absolute Gasteiger partial charge is 0.258 e. The molecule has 0 aliphatic heterocycles. The summed E-state index contributed by atoms with van der Waals surface area (Å²) in [5.74, 6) is -0.313. The molecule has 3 aromatic rings. The summed E-state index contributed by atoms with van der Waals surface area (Å²) in [6.07, 6.45) is 0.193. The molecule has 7 heteroatoms. The van der Waals surface area contributed by atoms with E-state index >= 15 is 0 Å². The third-order valence-electron chi connectivity index (χ3n) is 4.55. The predicted octanol–water partition coefficient (Wildman–Crippen LogP) is 5.06. The largest absolute Gasteiger partial charge is 0.332 e. The van der Waals surface area contributed by atoms with Crippen molar-refractivity contribution >= 4 is 52.1 Å².